The predicted molar refractivity (Wildman–Crippen MR) is 76.5 cm³/mol. The third-order valence-corrected chi connectivity index (χ3v) is 4.01. The molecule has 1 unspecified atom stereocenters. The van der Waals surface area contributed by atoms with Crippen LogP contribution in [0.2, 0.25) is 0 Å². The number of piperidine rings is 1. The number of nitrogens with two attached hydrogens (primary N) is 1. The fourth-order valence-electron chi connectivity index (χ4n) is 2.37. The lowest BCUT2D eigenvalue weighted by atomic mass is 9.99. The summed E-state index contributed by atoms with van der Waals surface area (Å²) >= 11 is 1.60. The molecule has 0 radical (unpaired) electrons. The van der Waals surface area contributed by atoms with E-state index in [-0.39, 0.29) is 24.3 Å². The molecule has 1 aromatic heterocycles. The van der Waals surface area contributed by atoms with Gasteiger partial charge in [-0.25, -0.2) is 0 Å². The van der Waals surface area contributed by atoms with Gasteiger partial charge >= 0.3 is 0 Å². The molecule has 102 valence electrons. The Labute approximate surface area is 116 Å². The number of carbonyl (C=O) groups is 2. The van der Waals surface area contributed by atoms with Gasteiger partial charge in [0.15, 0.2) is 0 Å². The Balaban J connectivity index is 2.00. The van der Waals surface area contributed by atoms with Crippen molar-refractivity contribution in [1.29, 1.82) is 0 Å². The van der Waals surface area contributed by atoms with Gasteiger partial charge < -0.3 is 10.6 Å². The smallest absolute Gasteiger partial charge is 0.246 e. The molecule has 0 saturated carbocycles. The van der Waals surface area contributed by atoms with Crippen LogP contribution in [0.5, 0.6) is 0 Å². The first kappa shape index (κ1) is 13.8. The lowest BCUT2D eigenvalue weighted by Crippen LogP contribution is -2.44. The first-order valence-corrected chi connectivity index (χ1v) is 7.40. The molecule has 1 aliphatic rings. The number of rotatable bonds is 4. The van der Waals surface area contributed by atoms with Gasteiger partial charge in [-0.3, -0.25) is 9.59 Å². The molecular weight excluding hydrogens is 260 g/mol. The Kier molecular flexibility index (Phi) is 4.74. The third kappa shape index (κ3) is 3.92. The van der Waals surface area contributed by atoms with Gasteiger partial charge in [0.25, 0.3) is 0 Å². The van der Waals surface area contributed by atoms with E-state index in [4.69, 9.17) is 5.73 Å². The van der Waals surface area contributed by atoms with Crippen LogP contribution in [-0.4, -0.2) is 29.3 Å². The van der Waals surface area contributed by atoms with Crippen LogP contribution in [0.15, 0.2) is 22.9 Å². The fraction of sp³-hybridized carbons (Fsp3) is 0.429. The molecule has 1 fully saturated rings. The highest BCUT2D eigenvalue weighted by molar-refractivity contribution is 7.08. The van der Waals surface area contributed by atoms with Gasteiger partial charge in [-0.15, -0.1) is 0 Å². The Morgan fingerprint density at radius 3 is 3.00 bits per heavy atom. The lowest BCUT2D eigenvalue weighted by molar-refractivity contribution is -0.130. The van der Waals surface area contributed by atoms with Crippen molar-refractivity contribution in [3.8, 4) is 0 Å². The highest BCUT2D eigenvalue weighted by atomic mass is 32.1. The molecule has 2 heterocycles. The quantitative estimate of drug-likeness (QED) is 0.856. The Morgan fingerprint density at radius 2 is 2.32 bits per heavy atom. The largest absolute Gasteiger partial charge is 0.370 e. The molecule has 1 aliphatic heterocycles. The summed E-state index contributed by atoms with van der Waals surface area (Å²) in [6.07, 6.45) is 6.57. The average molecular weight is 278 g/mol. The molecule has 19 heavy (non-hydrogen) atoms. The molecule has 1 atom stereocenters. The van der Waals surface area contributed by atoms with Crippen molar-refractivity contribution in [2.45, 2.75) is 31.7 Å². The van der Waals surface area contributed by atoms with Crippen LogP contribution in [-0.2, 0) is 9.59 Å². The summed E-state index contributed by atoms with van der Waals surface area (Å²) in [6, 6.07) is 1.93. The molecule has 0 spiro atoms. The summed E-state index contributed by atoms with van der Waals surface area (Å²) < 4.78 is 0. The predicted octanol–water partition coefficient (Wildman–Crippen LogP) is 2.02. The second kappa shape index (κ2) is 6.52. The fourth-order valence-corrected chi connectivity index (χ4v) is 3.00. The zero-order valence-corrected chi connectivity index (χ0v) is 11.6. The van der Waals surface area contributed by atoms with Gasteiger partial charge in [-0.05, 0) is 47.7 Å². The maximum atomic E-state index is 12.2. The summed E-state index contributed by atoms with van der Waals surface area (Å²) in [4.78, 5) is 25.0. The topological polar surface area (TPSA) is 63.4 Å². The molecule has 1 aromatic rings. The number of primary amides is 1. The van der Waals surface area contributed by atoms with Crippen molar-refractivity contribution in [2.24, 2.45) is 5.73 Å². The summed E-state index contributed by atoms with van der Waals surface area (Å²) in [6.45, 7) is 0.713. The molecule has 1 saturated heterocycles. The van der Waals surface area contributed by atoms with Gasteiger partial charge in [0.05, 0.1) is 0 Å². The van der Waals surface area contributed by atoms with E-state index in [1.165, 1.54) is 0 Å². The lowest BCUT2D eigenvalue weighted by Gasteiger charge is -2.34. The molecular formula is C14H18N2O2S. The summed E-state index contributed by atoms with van der Waals surface area (Å²) in [5, 5.41) is 3.96. The molecule has 0 bridgehead atoms. The average Bonchev–Trinajstić information content (AvgIpc) is 2.89. The highest BCUT2D eigenvalue weighted by Gasteiger charge is 2.26. The third-order valence-electron chi connectivity index (χ3n) is 3.31. The summed E-state index contributed by atoms with van der Waals surface area (Å²) in [5.41, 5.74) is 6.27. The molecule has 2 amide bonds. The molecule has 4 nitrogen and oxygen atoms in total. The first-order chi connectivity index (χ1) is 9.16. The normalized spacial score (nSPS) is 19.8. The van der Waals surface area contributed by atoms with Crippen LogP contribution < -0.4 is 5.73 Å². The van der Waals surface area contributed by atoms with Gasteiger partial charge in [0, 0.05) is 25.1 Å². The molecule has 0 aliphatic carbocycles. The minimum Gasteiger partial charge on any atom is -0.370 e. The van der Waals surface area contributed by atoms with Crippen molar-refractivity contribution < 1.29 is 9.59 Å². The van der Waals surface area contributed by atoms with Gasteiger partial charge in [-0.1, -0.05) is 0 Å². The van der Waals surface area contributed by atoms with E-state index in [0.29, 0.717) is 6.54 Å². The number of nitrogens with zero attached hydrogens (tertiary/aromatic N) is 1. The van der Waals surface area contributed by atoms with Crippen LogP contribution >= 0.6 is 11.3 Å². The second-order valence-electron chi connectivity index (χ2n) is 4.74. The standard InChI is InChI=1S/C14H18N2O2S/c15-13(17)9-12-3-1-2-7-16(12)14(18)5-4-11-6-8-19-10-11/h4-6,8,10,12H,1-3,7,9H2,(H2,15,17). The zero-order chi connectivity index (χ0) is 13.7. The van der Waals surface area contributed by atoms with Crippen LogP contribution in [0, 0.1) is 0 Å². The monoisotopic (exact) mass is 278 g/mol. The van der Waals surface area contributed by atoms with Crippen LogP contribution in [0.4, 0.5) is 0 Å². The first-order valence-electron chi connectivity index (χ1n) is 6.46. The zero-order valence-electron chi connectivity index (χ0n) is 10.7. The van der Waals surface area contributed by atoms with Crippen molar-refractivity contribution >= 4 is 29.2 Å². The van der Waals surface area contributed by atoms with E-state index in [1.54, 1.807) is 22.3 Å². The van der Waals surface area contributed by atoms with Crippen LogP contribution in [0.1, 0.15) is 31.2 Å². The van der Waals surface area contributed by atoms with E-state index in [0.717, 1.165) is 24.8 Å². The number of hydrogen-bond acceptors (Lipinski definition) is 3. The Bertz CT molecular complexity index is 468. The summed E-state index contributed by atoms with van der Waals surface area (Å²) in [5.74, 6) is -0.372. The number of likely N-dealkylation sites (tertiary alicyclic amines) is 1. The second-order valence-corrected chi connectivity index (χ2v) is 5.52. The molecule has 0 aromatic carbocycles. The SMILES string of the molecule is NC(=O)CC1CCCCN1C(=O)C=Cc1ccsc1. The van der Waals surface area contributed by atoms with E-state index in [9.17, 15) is 9.59 Å². The summed E-state index contributed by atoms with van der Waals surface area (Å²) in [7, 11) is 0. The van der Waals surface area contributed by atoms with Crippen molar-refractivity contribution in [1.82, 2.24) is 4.90 Å². The number of carbonyl (C=O) groups excluding carboxylic acids is 2. The van der Waals surface area contributed by atoms with Crippen LogP contribution in [0.3, 0.4) is 0 Å². The molecule has 2 N–H and O–H groups in total. The van der Waals surface area contributed by atoms with E-state index in [2.05, 4.69) is 0 Å². The maximum Gasteiger partial charge on any atom is 0.246 e. The highest BCUT2D eigenvalue weighted by Crippen LogP contribution is 2.20. The molecule has 5 heteroatoms. The number of thiophene rings is 1. The van der Waals surface area contributed by atoms with E-state index >= 15 is 0 Å². The number of amides is 2. The minimum absolute atomic E-state index is 0.0304. The van der Waals surface area contributed by atoms with E-state index < -0.39 is 0 Å². The van der Waals surface area contributed by atoms with Crippen molar-refractivity contribution in [3.05, 3.63) is 28.5 Å². The Hall–Kier alpha value is -1.62. The Morgan fingerprint density at radius 1 is 1.47 bits per heavy atom. The van der Waals surface area contributed by atoms with Gasteiger partial charge in [0.1, 0.15) is 0 Å². The minimum atomic E-state index is -0.341. The van der Waals surface area contributed by atoms with Crippen molar-refractivity contribution in [2.75, 3.05) is 6.54 Å². The number of hydrogen-bond donors (Lipinski definition) is 1. The van der Waals surface area contributed by atoms with Crippen LogP contribution in [0.25, 0.3) is 6.08 Å². The van der Waals surface area contributed by atoms with E-state index in [1.807, 2.05) is 22.9 Å². The van der Waals surface area contributed by atoms with Gasteiger partial charge in [0.2, 0.25) is 11.8 Å². The van der Waals surface area contributed by atoms with Crippen molar-refractivity contribution in [3.63, 3.8) is 0 Å². The molecule has 2 rings (SSSR count). The van der Waals surface area contributed by atoms with Gasteiger partial charge in [-0.2, -0.15) is 11.3 Å². The maximum absolute atomic E-state index is 12.2.